The molecule has 1 heteroatoms. The quantitative estimate of drug-likeness (QED) is 0.707. The molecule has 0 N–H and O–H groups in total. The molecule has 0 aromatic heterocycles. The van der Waals surface area contributed by atoms with Crippen LogP contribution in [0.15, 0.2) is 30.3 Å². The Morgan fingerprint density at radius 1 is 1.06 bits per heavy atom. The highest BCUT2D eigenvalue weighted by Crippen LogP contribution is 2.29. The number of hydrogen-bond acceptors (Lipinski definition) is 1. The van der Waals surface area contributed by atoms with Crippen LogP contribution in [-0.2, 0) is 6.42 Å². The minimum atomic E-state index is 1.14. The SMILES string of the molecule is CCCC1=CCc2ccccc21.CCSCC. The molecule has 0 saturated heterocycles. The first-order valence-electron chi connectivity index (χ1n) is 6.68. The molecule has 0 aliphatic heterocycles. The zero-order valence-corrected chi connectivity index (χ0v) is 12.1. The molecule has 0 saturated carbocycles. The van der Waals surface area contributed by atoms with E-state index in [4.69, 9.17) is 0 Å². The summed E-state index contributed by atoms with van der Waals surface area (Å²) in [6, 6.07) is 8.73. The van der Waals surface area contributed by atoms with Gasteiger partial charge < -0.3 is 0 Å². The maximum Gasteiger partial charge on any atom is -0.00854 e. The van der Waals surface area contributed by atoms with E-state index < -0.39 is 0 Å². The van der Waals surface area contributed by atoms with Gasteiger partial charge in [-0.25, -0.2) is 0 Å². The van der Waals surface area contributed by atoms with Gasteiger partial charge in [-0.05, 0) is 41.0 Å². The van der Waals surface area contributed by atoms with Gasteiger partial charge in [0.1, 0.15) is 0 Å². The summed E-state index contributed by atoms with van der Waals surface area (Å²) in [7, 11) is 0. The molecular weight excluding hydrogens is 224 g/mol. The lowest BCUT2D eigenvalue weighted by Crippen LogP contribution is -1.82. The predicted octanol–water partition coefficient (Wildman–Crippen LogP) is 5.19. The highest BCUT2D eigenvalue weighted by molar-refractivity contribution is 7.99. The maximum atomic E-state index is 2.37. The maximum absolute atomic E-state index is 2.37. The average Bonchev–Trinajstić information content (AvgIpc) is 2.76. The highest BCUT2D eigenvalue weighted by atomic mass is 32.2. The van der Waals surface area contributed by atoms with Crippen molar-refractivity contribution in [3.8, 4) is 0 Å². The van der Waals surface area contributed by atoms with Gasteiger partial charge in [0, 0.05) is 0 Å². The summed E-state index contributed by atoms with van der Waals surface area (Å²) in [6.45, 7) is 6.59. The Kier molecular flexibility index (Phi) is 7.11. The van der Waals surface area contributed by atoms with E-state index in [-0.39, 0.29) is 0 Å². The van der Waals surface area contributed by atoms with Crippen LogP contribution in [0.1, 0.15) is 44.7 Å². The molecule has 0 unspecified atom stereocenters. The van der Waals surface area contributed by atoms with Gasteiger partial charge >= 0.3 is 0 Å². The second-order valence-electron chi connectivity index (χ2n) is 4.12. The van der Waals surface area contributed by atoms with E-state index in [1.807, 2.05) is 11.8 Å². The fraction of sp³-hybridized carbons (Fsp3) is 0.500. The lowest BCUT2D eigenvalue weighted by atomic mass is 10.0. The summed E-state index contributed by atoms with van der Waals surface area (Å²) in [4.78, 5) is 0. The van der Waals surface area contributed by atoms with Crippen molar-refractivity contribution in [2.45, 2.75) is 40.0 Å². The van der Waals surface area contributed by atoms with Crippen LogP contribution in [0, 0.1) is 0 Å². The highest BCUT2D eigenvalue weighted by Gasteiger charge is 2.11. The molecule has 0 nitrogen and oxygen atoms in total. The first kappa shape index (κ1) is 14.4. The lowest BCUT2D eigenvalue weighted by molar-refractivity contribution is 0.975. The minimum absolute atomic E-state index is 1.14. The number of fused-ring (bicyclic) bond motifs is 1. The molecule has 0 bridgehead atoms. The Hall–Kier alpha value is -0.690. The average molecular weight is 248 g/mol. The van der Waals surface area contributed by atoms with Crippen LogP contribution < -0.4 is 0 Å². The van der Waals surface area contributed by atoms with E-state index in [0.717, 1.165) is 6.42 Å². The molecule has 2 rings (SSSR count). The third kappa shape index (κ3) is 4.59. The first-order chi connectivity index (χ1) is 8.33. The second kappa shape index (κ2) is 8.41. The zero-order chi connectivity index (χ0) is 12.5. The molecule has 0 atom stereocenters. The van der Waals surface area contributed by atoms with Crippen LogP contribution in [0.3, 0.4) is 0 Å². The number of allylic oxidation sites excluding steroid dienone is 2. The van der Waals surface area contributed by atoms with Gasteiger partial charge in [-0.2, -0.15) is 11.8 Å². The Morgan fingerprint density at radius 2 is 1.76 bits per heavy atom. The van der Waals surface area contributed by atoms with E-state index in [2.05, 4.69) is 51.1 Å². The van der Waals surface area contributed by atoms with Crippen LogP contribution >= 0.6 is 11.8 Å². The zero-order valence-electron chi connectivity index (χ0n) is 11.3. The summed E-state index contributed by atoms with van der Waals surface area (Å²) >= 11 is 1.96. The van der Waals surface area contributed by atoms with Crippen molar-refractivity contribution >= 4 is 17.3 Å². The molecule has 17 heavy (non-hydrogen) atoms. The Labute approximate surface area is 111 Å². The summed E-state index contributed by atoms with van der Waals surface area (Å²) in [5.41, 5.74) is 4.54. The number of rotatable bonds is 4. The molecule has 0 heterocycles. The Bertz CT molecular complexity index is 350. The molecule has 94 valence electrons. The van der Waals surface area contributed by atoms with Crippen LogP contribution in [0.25, 0.3) is 5.57 Å². The predicted molar refractivity (Wildman–Crippen MR) is 81.7 cm³/mol. The largest absolute Gasteiger partial charge is 0.163 e. The third-order valence-electron chi connectivity index (χ3n) is 2.86. The van der Waals surface area contributed by atoms with Crippen molar-refractivity contribution in [3.05, 3.63) is 41.5 Å². The summed E-state index contributed by atoms with van der Waals surface area (Å²) in [5.74, 6) is 2.52. The van der Waals surface area contributed by atoms with E-state index in [9.17, 15) is 0 Å². The summed E-state index contributed by atoms with van der Waals surface area (Å²) < 4.78 is 0. The van der Waals surface area contributed by atoms with Gasteiger partial charge in [0.05, 0.1) is 0 Å². The Balaban J connectivity index is 0.000000249. The fourth-order valence-corrected chi connectivity index (χ4v) is 2.47. The van der Waals surface area contributed by atoms with Crippen molar-refractivity contribution in [2.24, 2.45) is 0 Å². The van der Waals surface area contributed by atoms with Gasteiger partial charge in [0.2, 0.25) is 0 Å². The van der Waals surface area contributed by atoms with Crippen molar-refractivity contribution in [3.63, 3.8) is 0 Å². The van der Waals surface area contributed by atoms with Crippen molar-refractivity contribution < 1.29 is 0 Å². The monoisotopic (exact) mass is 248 g/mol. The van der Waals surface area contributed by atoms with E-state index >= 15 is 0 Å². The van der Waals surface area contributed by atoms with Crippen LogP contribution in [0.2, 0.25) is 0 Å². The van der Waals surface area contributed by atoms with Gasteiger partial charge in [-0.1, -0.05) is 57.5 Å². The molecule has 0 fully saturated rings. The molecule has 0 radical (unpaired) electrons. The van der Waals surface area contributed by atoms with Crippen LogP contribution in [0.4, 0.5) is 0 Å². The number of thioether (sulfide) groups is 1. The van der Waals surface area contributed by atoms with Crippen molar-refractivity contribution in [2.75, 3.05) is 11.5 Å². The molecule has 0 amide bonds. The Morgan fingerprint density at radius 3 is 2.35 bits per heavy atom. The normalized spacial score (nSPS) is 12.5. The molecule has 1 aliphatic carbocycles. The van der Waals surface area contributed by atoms with Gasteiger partial charge in [-0.15, -0.1) is 0 Å². The van der Waals surface area contributed by atoms with E-state index in [0.29, 0.717) is 0 Å². The topological polar surface area (TPSA) is 0 Å². The molecule has 1 aromatic rings. The van der Waals surface area contributed by atoms with Gasteiger partial charge in [-0.3, -0.25) is 0 Å². The summed E-state index contributed by atoms with van der Waals surface area (Å²) in [6.07, 6.45) is 6.00. The number of benzene rings is 1. The standard InChI is InChI=1S/C12H14.C4H10S/c1-2-5-10-8-9-11-6-3-4-7-12(10)11;1-3-5-4-2/h3-4,6-8H,2,5,9H2,1H3;3-4H2,1-2H3. The van der Waals surface area contributed by atoms with Crippen molar-refractivity contribution in [1.82, 2.24) is 0 Å². The molecular formula is C16H24S. The van der Waals surface area contributed by atoms with Gasteiger partial charge in [0.25, 0.3) is 0 Å². The minimum Gasteiger partial charge on any atom is -0.163 e. The molecule has 1 aromatic carbocycles. The lowest BCUT2D eigenvalue weighted by Gasteiger charge is -2.02. The van der Waals surface area contributed by atoms with Crippen LogP contribution in [0.5, 0.6) is 0 Å². The second-order valence-corrected chi connectivity index (χ2v) is 5.69. The first-order valence-corrected chi connectivity index (χ1v) is 7.83. The number of hydrogen-bond donors (Lipinski definition) is 0. The molecule has 1 aliphatic rings. The van der Waals surface area contributed by atoms with E-state index in [1.54, 1.807) is 5.57 Å². The molecule has 0 spiro atoms. The van der Waals surface area contributed by atoms with E-state index in [1.165, 1.54) is 35.5 Å². The fourth-order valence-electron chi connectivity index (χ4n) is 2.06. The van der Waals surface area contributed by atoms with Crippen molar-refractivity contribution in [1.29, 1.82) is 0 Å². The van der Waals surface area contributed by atoms with Gasteiger partial charge in [0.15, 0.2) is 0 Å². The van der Waals surface area contributed by atoms with Crippen LogP contribution in [-0.4, -0.2) is 11.5 Å². The smallest absolute Gasteiger partial charge is 0.00854 e. The third-order valence-corrected chi connectivity index (χ3v) is 3.68. The summed E-state index contributed by atoms with van der Waals surface area (Å²) in [5, 5.41) is 0.